The van der Waals surface area contributed by atoms with Crippen LogP contribution >= 0.6 is 0 Å². The molecule has 0 spiro atoms. The van der Waals surface area contributed by atoms with Gasteiger partial charge in [0, 0.05) is 50.2 Å². The summed E-state index contributed by atoms with van der Waals surface area (Å²) in [6.07, 6.45) is 3.37. The molecule has 0 bridgehead atoms. The maximum atomic E-state index is 13.9. The lowest BCUT2D eigenvalue weighted by atomic mass is 10.2. The zero-order valence-electron chi connectivity index (χ0n) is 15.2. The molecule has 150 valence electrons. The van der Waals surface area contributed by atoms with E-state index in [0.717, 1.165) is 17.7 Å². The second kappa shape index (κ2) is 7.80. The SMILES string of the molecule is O=S(=O)(c1ccc(F)cc1F)N1CCN(c2ccc(-c3cccnc3)nn2)CC1. The molecule has 0 radical (unpaired) electrons. The van der Waals surface area contributed by atoms with Gasteiger partial charge in [-0.15, -0.1) is 10.2 Å². The summed E-state index contributed by atoms with van der Waals surface area (Å²) in [5.41, 5.74) is 1.54. The molecule has 0 N–H and O–H groups in total. The number of hydrogen-bond donors (Lipinski definition) is 0. The predicted octanol–water partition coefficient (Wildman–Crippen LogP) is 2.33. The quantitative estimate of drug-likeness (QED) is 0.648. The molecular formula is C19H17F2N5O2S. The number of anilines is 1. The van der Waals surface area contributed by atoms with E-state index in [1.807, 2.05) is 29.2 Å². The van der Waals surface area contributed by atoms with Crippen molar-refractivity contribution in [2.75, 3.05) is 31.1 Å². The average Bonchev–Trinajstić information content (AvgIpc) is 2.74. The maximum Gasteiger partial charge on any atom is 0.246 e. The number of hydrogen-bond acceptors (Lipinski definition) is 6. The van der Waals surface area contributed by atoms with Gasteiger partial charge in [-0.1, -0.05) is 0 Å². The Hall–Kier alpha value is -2.98. The monoisotopic (exact) mass is 417 g/mol. The van der Waals surface area contributed by atoms with Crippen molar-refractivity contribution in [1.82, 2.24) is 19.5 Å². The van der Waals surface area contributed by atoms with E-state index >= 15 is 0 Å². The van der Waals surface area contributed by atoms with Crippen LogP contribution < -0.4 is 4.90 Å². The molecule has 3 aromatic rings. The van der Waals surface area contributed by atoms with E-state index in [1.54, 1.807) is 12.4 Å². The Morgan fingerprint density at radius 2 is 1.72 bits per heavy atom. The molecule has 7 nitrogen and oxygen atoms in total. The van der Waals surface area contributed by atoms with Gasteiger partial charge < -0.3 is 4.90 Å². The van der Waals surface area contributed by atoms with Crippen molar-refractivity contribution < 1.29 is 17.2 Å². The number of halogens is 2. The molecule has 1 fully saturated rings. The maximum absolute atomic E-state index is 13.9. The summed E-state index contributed by atoms with van der Waals surface area (Å²) in [7, 11) is -4.04. The molecule has 10 heteroatoms. The van der Waals surface area contributed by atoms with Crippen LogP contribution in [0.3, 0.4) is 0 Å². The minimum absolute atomic E-state index is 0.158. The number of pyridine rings is 1. The number of sulfonamides is 1. The molecule has 0 saturated carbocycles. The van der Waals surface area contributed by atoms with Gasteiger partial charge in [0.25, 0.3) is 0 Å². The van der Waals surface area contributed by atoms with E-state index in [2.05, 4.69) is 15.2 Å². The summed E-state index contributed by atoms with van der Waals surface area (Å²) in [4.78, 5) is 5.44. The van der Waals surface area contributed by atoms with E-state index in [4.69, 9.17) is 0 Å². The molecule has 0 unspecified atom stereocenters. The number of rotatable bonds is 4. The molecule has 1 aliphatic rings. The van der Waals surface area contributed by atoms with Gasteiger partial charge in [-0.2, -0.15) is 4.31 Å². The first-order chi connectivity index (χ1) is 13.9. The third-order valence-corrected chi connectivity index (χ3v) is 6.61. The summed E-state index contributed by atoms with van der Waals surface area (Å²) in [6.45, 7) is 1.07. The van der Waals surface area contributed by atoms with E-state index < -0.39 is 26.6 Å². The van der Waals surface area contributed by atoms with Crippen molar-refractivity contribution >= 4 is 15.8 Å². The molecular weight excluding hydrogens is 400 g/mol. The van der Waals surface area contributed by atoms with Gasteiger partial charge in [0.1, 0.15) is 16.5 Å². The molecule has 0 amide bonds. The lowest BCUT2D eigenvalue weighted by Gasteiger charge is -2.34. The van der Waals surface area contributed by atoms with E-state index in [9.17, 15) is 17.2 Å². The Bertz CT molecular complexity index is 1100. The molecule has 2 aromatic heterocycles. The summed E-state index contributed by atoms with van der Waals surface area (Å²) < 4.78 is 53.6. The van der Waals surface area contributed by atoms with Crippen LogP contribution in [0.1, 0.15) is 0 Å². The Kier molecular flexibility index (Phi) is 5.20. The first-order valence-corrected chi connectivity index (χ1v) is 10.3. The van der Waals surface area contributed by atoms with Gasteiger partial charge in [-0.05, 0) is 36.4 Å². The molecule has 0 aliphatic carbocycles. The number of aromatic nitrogens is 3. The molecule has 1 saturated heterocycles. The van der Waals surface area contributed by atoms with Gasteiger partial charge in [0.15, 0.2) is 5.82 Å². The highest BCUT2D eigenvalue weighted by Gasteiger charge is 2.31. The fraction of sp³-hybridized carbons (Fsp3) is 0.211. The third kappa shape index (κ3) is 3.94. The van der Waals surface area contributed by atoms with Crippen molar-refractivity contribution in [2.45, 2.75) is 4.90 Å². The number of benzene rings is 1. The van der Waals surface area contributed by atoms with E-state index in [0.29, 0.717) is 30.7 Å². The minimum Gasteiger partial charge on any atom is -0.352 e. The van der Waals surface area contributed by atoms with E-state index in [1.165, 1.54) is 4.31 Å². The van der Waals surface area contributed by atoms with Crippen LogP contribution in [0.15, 0.2) is 59.8 Å². The van der Waals surface area contributed by atoms with Crippen molar-refractivity contribution in [2.24, 2.45) is 0 Å². The van der Waals surface area contributed by atoms with Crippen LogP contribution in [0.25, 0.3) is 11.3 Å². The van der Waals surface area contributed by atoms with Crippen molar-refractivity contribution in [3.8, 4) is 11.3 Å². The Morgan fingerprint density at radius 3 is 2.34 bits per heavy atom. The number of piperazine rings is 1. The molecule has 3 heterocycles. The molecule has 1 aliphatic heterocycles. The third-order valence-electron chi connectivity index (χ3n) is 4.68. The van der Waals surface area contributed by atoms with Gasteiger partial charge in [-0.25, -0.2) is 17.2 Å². The fourth-order valence-electron chi connectivity index (χ4n) is 3.14. The topological polar surface area (TPSA) is 79.3 Å². The van der Waals surface area contributed by atoms with Crippen LogP contribution in [0.2, 0.25) is 0 Å². The van der Waals surface area contributed by atoms with E-state index in [-0.39, 0.29) is 13.1 Å². The van der Waals surface area contributed by atoms with Crippen molar-refractivity contribution in [3.63, 3.8) is 0 Å². The van der Waals surface area contributed by atoms with Crippen LogP contribution in [-0.4, -0.2) is 54.1 Å². The average molecular weight is 417 g/mol. The standard InChI is InChI=1S/C19H17F2N5O2S/c20-15-3-5-18(16(21)12-15)29(27,28)26-10-8-25(9-11-26)19-6-4-17(23-24-19)14-2-1-7-22-13-14/h1-7,12-13H,8-11H2. The van der Waals surface area contributed by atoms with Crippen molar-refractivity contribution in [3.05, 3.63) is 66.5 Å². The Balaban J connectivity index is 1.45. The Labute approximate surface area is 166 Å². The summed E-state index contributed by atoms with van der Waals surface area (Å²) in [5.74, 6) is -1.29. The fourth-order valence-corrected chi connectivity index (χ4v) is 4.61. The molecule has 0 atom stereocenters. The minimum atomic E-state index is -4.04. The highest BCUT2D eigenvalue weighted by atomic mass is 32.2. The number of nitrogens with zero attached hydrogens (tertiary/aromatic N) is 5. The van der Waals surface area contributed by atoms with Crippen LogP contribution in [-0.2, 0) is 10.0 Å². The summed E-state index contributed by atoms with van der Waals surface area (Å²) in [5, 5.41) is 8.44. The van der Waals surface area contributed by atoms with Gasteiger partial charge >= 0.3 is 0 Å². The second-order valence-electron chi connectivity index (χ2n) is 6.48. The van der Waals surface area contributed by atoms with Crippen molar-refractivity contribution in [1.29, 1.82) is 0 Å². The zero-order chi connectivity index (χ0) is 20.4. The van der Waals surface area contributed by atoms with Gasteiger partial charge in [0.05, 0.1) is 5.69 Å². The molecule has 4 rings (SSSR count). The normalized spacial score (nSPS) is 15.4. The zero-order valence-corrected chi connectivity index (χ0v) is 16.1. The highest BCUT2D eigenvalue weighted by Crippen LogP contribution is 2.23. The Morgan fingerprint density at radius 1 is 0.931 bits per heavy atom. The summed E-state index contributed by atoms with van der Waals surface area (Å²) >= 11 is 0. The first-order valence-electron chi connectivity index (χ1n) is 8.89. The van der Waals surface area contributed by atoms with Crippen LogP contribution in [0.5, 0.6) is 0 Å². The lowest BCUT2D eigenvalue weighted by molar-refractivity contribution is 0.381. The first kappa shape index (κ1) is 19.3. The largest absolute Gasteiger partial charge is 0.352 e. The lowest BCUT2D eigenvalue weighted by Crippen LogP contribution is -2.49. The molecule has 1 aromatic carbocycles. The predicted molar refractivity (Wildman–Crippen MR) is 103 cm³/mol. The molecule has 29 heavy (non-hydrogen) atoms. The van der Waals surface area contributed by atoms with Crippen LogP contribution in [0, 0.1) is 11.6 Å². The smallest absolute Gasteiger partial charge is 0.246 e. The van der Waals surface area contributed by atoms with Crippen LogP contribution in [0.4, 0.5) is 14.6 Å². The highest BCUT2D eigenvalue weighted by molar-refractivity contribution is 7.89. The van der Waals surface area contributed by atoms with Gasteiger partial charge in [-0.3, -0.25) is 4.98 Å². The van der Waals surface area contributed by atoms with Gasteiger partial charge in [0.2, 0.25) is 10.0 Å². The second-order valence-corrected chi connectivity index (χ2v) is 8.39. The summed E-state index contributed by atoms with van der Waals surface area (Å²) in [6, 6.07) is 9.81.